The van der Waals surface area contributed by atoms with Gasteiger partial charge in [0.2, 0.25) is 0 Å². The summed E-state index contributed by atoms with van der Waals surface area (Å²) in [6.07, 6.45) is 17.8. The minimum atomic E-state index is -0.112. The molecule has 2 N–H and O–H groups in total. The lowest BCUT2D eigenvalue weighted by molar-refractivity contribution is -0.0576. The van der Waals surface area contributed by atoms with Crippen molar-refractivity contribution in [2.75, 3.05) is 6.61 Å². The lowest BCUT2D eigenvalue weighted by atomic mass is 9.47. The average Bonchev–Trinajstić information content (AvgIpc) is 3.03. The molecule has 164 valence electrons. The summed E-state index contributed by atoms with van der Waals surface area (Å²) in [7, 11) is 0. The lowest BCUT2D eigenvalue weighted by Crippen LogP contribution is -2.51. The first-order chi connectivity index (χ1) is 13.8. The number of aliphatic hydroxyl groups is 2. The van der Waals surface area contributed by atoms with Crippen LogP contribution < -0.4 is 0 Å². The molecular formula is C27H44O2. The van der Waals surface area contributed by atoms with Gasteiger partial charge in [-0.05, 0) is 98.2 Å². The molecular weight excluding hydrogens is 356 g/mol. The monoisotopic (exact) mass is 400 g/mol. The summed E-state index contributed by atoms with van der Waals surface area (Å²) in [6, 6.07) is 0. The number of allylic oxidation sites excluding steroid dienone is 2. The van der Waals surface area contributed by atoms with E-state index in [2.05, 4.69) is 45.9 Å². The van der Waals surface area contributed by atoms with Gasteiger partial charge in [-0.15, -0.1) is 0 Å². The van der Waals surface area contributed by atoms with E-state index in [1.807, 2.05) is 0 Å². The van der Waals surface area contributed by atoms with Gasteiger partial charge >= 0.3 is 0 Å². The van der Waals surface area contributed by atoms with Gasteiger partial charge in [-0.3, -0.25) is 0 Å². The summed E-state index contributed by atoms with van der Waals surface area (Å²) >= 11 is 0. The highest BCUT2D eigenvalue weighted by Gasteiger charge is 2.59. The maximum atomic E-state index is 10.2. The fourth-order valence-corrected chi connectivity index (χ4v) is 8.23. The molecule has 0 aliphatic heterocycles. The van der Waals surface area contributed by atoms with Gasteiger partial charge in [0.05, 0.1) is 6.10 Å². The number of hydrogen-bond donors (Lipinski definition) is 2. The van der Waals surface area contributed by atoms with E-state index in [1.165, 1.54) is 38.5 Å². The highest BCUT2D eigenvalue weighted by atomic mass is 16.3. The van der Waals surface area contributed by atoms with E-state index in [4.69, 9.17) is 0 Å². The quantitative estimate of drug-likeness (QED) is 0.544. The zero-order valence-electron chi connectivity index (χ0n) is 19.2. The number of hydrogen-bond acceptors (Lipinski definition) is 2. The molecule has 3 saturated carbocycles. The smallest absolute Gasteiger partial charge is 0.0577 e. The van der Waals surface area contributed by atoms with Crippen LogP contribution >= 0.6 is 0 Å². The van der Waals surface area contributed by atoms with Crippen LogP contribution in [0, 0.1) is 46.3 Å². The van der Waals surface area contributed by atoms with Gasteiger partial charge in [0.15, 0.2) is 0 Å². The molecule has 2 nitrogen and oxygen atoms in total. The van der Waals surface area contributed by atoms with Gasteiger partial charge in [0.1, 0.15) is 0 Å². The van der Waals surface area contributed by atoms with Crippen molar-refractivity contribution in [3.8, 4) is 0 Å². The standard InChI is InChI=1S/C27H44O2/c1-18(2)6-5-7-19(17-28)23-10-11-24-22-9-8-20-16-21(29)12-14-26(20,3)25(22)13-15-27(23,24)4/h5,7-8,18-19,21-25,28-29H,6,9-17H2,1-4H3/b7-5+/t19?,21?,22?,23-,24?,25?,26+,27-/m1/s1. The van der Waals surface area contributed by atoms with Crippen LogP contribution in [0.1, 0.15) is 85.5 Å². The average molecular weight is 401 g/mol. The first-order valence-electron chi connectivity index (χ1n) is 12.4. The van der Waals surface area contributed by atoms with Crippen LogP contribution in [-0.2, 0) is 0 Å². The highest BCUT2D eigenvalue weighted by Crippen LogP contribution is 2.67. The Balaban J connectivity index is 1.55. The van der Waals surface area contributed by atoms with Crippen LogP contribution in [0.5, 0.6) is 0 Å². The third-order valence-corrected chi connectivity index (χ3v) is 9.87. The molecule has 29 heavy (non-hydrogen) atoms. The molecule has 0 saturated heterocycles. The normalized spacial score (nSPS) is 45.6. The Labute approximate surface area is 178 Å². The first-order valence-corrected chi connectivity index (χ1v) is 12.4. The summed E-state index contributed by atoms with van der Waals surface area (Å²) in [5, 5.41) is 20.4. The van der Waals surface area contributed by atoms with Crippen molar-refractivity contribution in [3.63, 3.8) is 0 Å². The Bertz CT molecular complexity index is 649. The van der Waals surface area contributed by atoms with Crippen molar-refractivity contribution in [1.82, 2.24) is 0 Å². The minimum Gasteiger partial charge on any atom is -0.396 e. The minimum absolute atomic E-state index is 0.112. The van der Waals surface area contributed by atoms with E-state index in [1.54, 1.807) is 5.57 Å². The number of fused-ring (bicyclic) bond motifs is 5. The third kappa shape index (κ3) is 3.67. The van der Waals surface area contributed by atoms with Crippen LogP contribution in [0.25, 0.3) is 0 Å². The predicted octanol–water partition coefficient (Wildman–Crippen LogP) is 6.14. The fourth-order valence-electron chi connectivity index (χ4n) is 8.23. The van der Waals surface area contributed by atoms with Gasteiger partial charge in [0.25, 0.3) is 0 Å². The molecule has 0 bridgehead atoms. The van der Waals surface area contributed by atoms with Crippen molar-refractivity contribution in [3.05, 3.63) is 23.8 Å². The molecule has 0 heterocycles. The zero-order chi connectivity index (χ0) is 20.8. The third-order valence-electron chi connectivity index (χ3n) is 9.87. The Kier molecular flexibility index (Phi) is 6.08. The SMILES string of the molecule is CC(C)C/C=C/C(CO)[C@H]1CCC2C3CC=C4CC(O)CC[C@]4(C)C3CC[C@@]21C. The van der Waals surface area contributed by atoms with Crippen molar-refractivity contribution < 1.29 is 10.2 Å². The predicted molar refractivity (Wildman–Crippen MR) is 120 cm³/mol. The molecule has 0 aromatic heterocycles. The molecule has 2 heteroatoms. The molecule has 5 unspecified atom stereocenters. The molecule has 4 rings (SSSR count). The topological polar surface area (TPSA) is 40.5 Å². The largest absolute Gasteiger partial charge is 0.396 e. The van der Waals surface area contributed by atoms with Crippen LogP contribution in [0.4, 0.5) is 0 Å². The molecule has 0 amide bonds. The molecule has 0 spiro atoms. The van der Waals surface area contributed by atoms with Gasteiger partial charge in [-0.2, -0.15) is 0 Å². The molecule has 0 aromatic carbocycles. The van der Waals surface area contributed by atoms with E-state index in [-0.39, 0.29) is 6.10 Å². The highest BCUT2D eigenvalue weighted by molar-refractivity contribution is 5.25. The second-order valence-electron chi connectivity index (χ2n) is 11.8. The van der Waals surface area contributed by atoms with E-state index in [0.717, 1.165) is 37.0 Å². The lowest BCUT2D eigenvalue weighted by Gasteiger charge is -2.58. The van der Waals surface area contributed by atoms with Crippen molar-refractivity contribution >= 4 is 0 Å². The molecule has 0 aromatic rings. The Hall–Kier alpha value is -0.600. The van der Waals surface area contributed by atoms with Gasteiger partial charge < -0.3 is 10.2 Å². The summed E-state index contributed by atoms with van der Waals surface area (Å²) < 4.78 is 0. The zero-order valence-corrected chi connectivity index (χ0v) is 19.2. The van der Waals surface area contributed by atoms with Crippen LogP contribution in [0.15, 0.2) is 23.8 Å². The van der Waals surface area contributed by atoms with Crippen molar-refractivity contribution in [2.24, 2.45) is 46.3 Å². The van der Waals surface area contributed by atoms with E-state index in [9.17, 15) is 10.2 Å². The second kappa shape index (κ2) is 8.15. The Morgan fingerprint density at radius 2 is 1.90 bits per heavy atom. The first kappa shape index (κ1) is 21.6. The van der Waals surface area contributed by atoms with E-state index >= 15 is 0 Å². The number of rotatable bonds is 5. The van der Waals surface area contributed by atoms with E-state index in [0.29, 0.717) is 35.2 Å². The molecule has 4 aliphatic rings. The summed E-state index contributed by atoms with van der Waals surface area (Å²) in [5.74, 6) is 4.06. The molecule has 3 fully saturated rings. The van der Waals surface area contributed by atoms with Gasteiger partial charge in [-0.1, -0.05) is 51.5 Å². The van der Waals surface area contributed by atoms with Crippen molar-refractivity contribution in [1.29, 1.82) is 0 Å². The maximum absolute atomic E-state index is 10.2. The molecule has 4 aliphatic carbocycles. The van der Waals surface area contributed by atoms with Gasteiger partial charge in [0, 0.05) is 12.5 Å². The van der Waals surface area contributed by atoms with E-state index < -0.39 is 0 Å². The summed E-state index contributed by atoms with van der Waals surface area (Å²) in [4.78, 5) is 0. The molecule has 0 radical (unpaired) electrons. The summed E-state index contributed by atoms with van der Waals surface area (Å²) in [6.45, 7) is 9.91. The second-order valence-corrected chi connectivity index (χ2v) is 11.8. The van der Waals surface area contributed by atoms with Crippen LogP contribution in [0.3, 0.4) is 0 Å². The summed E-state index contributed by atoms with van der Waals surface area (Å²) in [5.41, 5.74) is 2.28. The fraction of sp³-hybridized carbons (Fsp3) is 0.852. The Morgan fingerprint density at radius 3 is 2.62 bits per heavy atom. The van der Waals surface area contributed by atoms with Crippen LogP contribution in [0.2, 0.25) is 0 Å². The van der Waals surface area contributed by atoms with Crippen LogP contribution in [-0.4, -0.2) is 22.9 Å². The van der Waals surface area contributed by atoms with Gasteiger partial charge in [-0.25, -0.2) is 0 Å². The van der Waals surface area contributed by atoms with Crippen molar-refractivity contribution in [2.45, 2.75) is 91.6 Å². The Morgan fingerprint density at radius 1 is 1.10 bits per heavy atom. The molecule has 8 atom stereocenters. The number of aliphatic hydroxyl groups excluding tert-OH is 2. The maximum Gasteiger partial charge on any atom is 0.0577 e.